The summed E-state index contributed by atoms with van der Waals surface area (Å²) in [6.07, 6.45) is 7.09. The molecule has 0 spiro atoms. The number of aromatic nitrogens is 2. The van der Waals surface area contributed by atoms with Gasteiger partial charge in [0.1, 0.15) is 0 Å². The van der Waals surface area contributed by atoms with E-state index in [0.717, 1.165) is 24.1 Å². The molecule has 0 fully saturated rings. The zero-order chi connectivity index (χ0) is 13.2. The van der Waals surface area contributed by atoms with Crippen LogP contribution in [-0.2, 0) is 6.42 Å². The van der Waals surface area contributed by atoms with E-state index < -0.39 is 0 Å². The van der Waals surface area contributed by atoms with Crippen LogP contribution in [0.2, 0.25) is 0 Å². The standard InChI is InChI=1S/C16H19N3/c1-11-5-3-9-18-15(11)14(17)13-8-2-6-12-7-4-10-19-16(12)13/h3-5,7,9-10,13-14H,2,6,8,17H2,1H3. The van der Waals surface area contributed by atoms with E-state index in [1.165, 1.54) is 17.7 Å². The Labute approximate surface area is 113 Å². The summed E-state index contributed by atoms with van der Waals surface area (Å²) < 4.78 is 0. The van der Waals surface area contributed by atoms with E-state index in [4.69, 9.17) is 5.73 Å². The molecule has 0 radical (unpaired) electrons. The molecule has 0 saturated carbocycles. The summed E-state index contributed by atoms with van der Waals surface area (Å²) in [5.74, 6) is 0.290. The van der Waals surface area contributed by atoms with Crippen molar-refractivity contribution >= 4 is 0 Å². The molecule has 0 aromatic carbocycles. The van der Waals surface area contributed by atoms with Gasteiger partial charge in [-0.1, -0.05) is 12.1 Å². The molecule has 1 aliphatic carbocycles. The Morgan fingerprint density at radius 2 is 2.00 bits per heavy atom. The van der Waals surface area contributed by atoms with Gasteiger partial charge in [-0.2, -0.15) is 0 Å². The normalized spacial score (nSPS) is 19.8. The van der Waals surface area contributed by atoms with Gasteiger partial charge in [0.15, 0.2) is 0 Å². The Morgan fingerprint density at radius 3 is 2.84 bits per heavy atom. The molecule has 0 amide bonds. The SMILES string of the molecule is Cc1cccnc1C(N)C1CCCc2cccnc21. The second-order valence-corrected chi connectivity index (χ2v) is 5.28. The molecule has 19 heavy (non-hydrogen) atoms. The fourth-order valence-electron chi connectivity index (χ4n) is 3.03. The summed E-state index contributed by atoms with van der Waals surface area (Å²) in [5, 5.41) is 0. The number of fused-ring (bicyclic) bond motifs is 1. The number of rotatable bonds is 2. The van der Waals surface area contributed by atoms with Crippen LogP contribution in [0.4, 0.5) is 0 Å². The van der Waals surface area contributed by atoms with E-state index in [-0.39, 0.29) is 6.04 Å². The molecule has 3 rings (SSSR count). The molecule has 3 heteroatoms. The molecular weight excluding hydrogens is 234 g/mol. The van der Waals surface area contributed by atoms with E-state index in [1.54, 1.807) is 0 Å². The lowest BCUT2D eigenvalue weighted by molar-refractivity contribution is 0.455. The van der Waals surface area contributed by atoms with Crippen molar-refractivity contribution in [1.82, 2.24) is 9.97 Å². The molecule has 2 N–H and O–H groups in total. The van der Waals surface area contributed by atoms with E-state index in [2.05, 4.69) is 29.0 Å². The first-order valence-corrected chi connectivity index (χ1v) is 6.88. The lowest BCUT2D eigenvalue weighted by Gasteiger charge is -2.29. The Hall–Kier alpha value is -1.74. The molecule has 2 atom stereocenters. The largest absolute Gasteiger partial charge is 0.322 e. The summed E-state index contributed by atoms with van der Waals surface area (Å²) in [4.78, 5) is 9.04. The summed E-state index contributed by atoms with van der Waals surface area (Å²) in [5.41, 5.74) is 11.2. The van der Waals surface area contributed by atoms with Gasteiger partial charge in [-0.05, 0) is 49.4 Å². The first-order valence-electron chi connectivity index (χ1n) is 6.88. The second kappa shape index (κ2) is 5.10. The molecular formula is C16H19N3. The second-order valence-electron chi connectivity index (χ2n) is 5.28. The average molecular weight is 253 g/mol. The lowest BCUT2D eigenvalue weighted by Crippen LogP contribution is -2.26. The van der Waals surface area contributed by atoms with E-state index in [0.29, 0.717) is 5.92 Å². The minimum Gasteiger partial charge on any atom is -0.322 e. The van der Waals surface area contributed by atoms with E-state index in [1.807, 2.05) is 24.5 Å². The van der Waals surface area contributed by atoms with Gasteiger partial charge in [0.25, 0.3) is 0 Å². The average Bonchev–Trinajstić information content (AvgIpc) is 2.46. The highest BCUT2D eigenvalue weighted by molar-refractivity contribution is 5.31. The van der Waals surface area contributed by atoms with Gasteiger partial charge in [-0.15, -0.1) is 0 Å². The van der Waals surface area contributed by atoms with Gasteiger partial charge in [0, 0.05) is 24.0 Å². The van der Waals surface area contributed by atoms with Crippen molar-refractivity contribution in [1.29, 1.82) is 0 Å². The predicted molar refractivity (Wildman–Crippen MR) is 75.8 cm³/mol. The number of hydrogen-bond donors (Lipinski definition) is 1. The van der Waals surface area contributed by atoms with E-state index >= 15 is 0 Å². The molecule has 2 aromatic heterocycles. The van der Waals surface area contributed by atoms with Crippen LogP contribution >= 0.6 is 0 Å². The highest BCUT2D eigenvalue weighted by atomic mass is 14.8. The van der Waals surface area contributed by atoms with Crippen molar-refractivity contribution in [3.8, 4) is 0 Å². The minimum absolute atomic E-state index is 0.0600. The van der Waals surface area contributed by atoms with Gasteiger partial charge in [-0.25, -0.2) is 0 Å². The maximum absolute atomic E-state index is 6.48. The van der Waals surface area contributed by atoms with Crippen molar-refractivity contribution in [3.05, 3.63) is 59.2 Å². The number of nitrogens with two attached hydrogens (primary N) is 1. The van der Waals surface area contributed by atoms with Crippen molar-refractivity contribution in [2.75, 3.05) is 0 Å². The van der Waals surface area contributed by atoms with Crippen LogP contribution in [0, 0.1) is 6.92 Å². The number of hydrogen-bond acceptors (Lipinski definition) is 3. The number of nitrogens with zero attached hydrogens (tertiary/aromatic N) is 2. The molecule has 2 unspecified atom stereocenters. The molecule has 2 heterocycles. The first-order chi connectivity index (χ1) is 9.27. The van der Waals surface area contributed by atoms with Crippen LogP contribution < -0.4 is 5.73 Å². The Morgan fingerprint density at radius 1 is 1.21 bits per heavy atom. The highest BCUT2D eigenvalue weighted by Crippen LogP contribution is 2.37. The molecule has 0 bridgehead atoms. The summed E-state index contributed by atoms with van der Waals surface area (Å²) in [7, 11) is 0. The molecule has 2 aromatic rings. The molecule has 0 saturated heterocycles. The third-order valence-electron chi connectivity index (χ3n) is 4.04. The smallest absolute Gasteiger partial charge is 0.0606 e. The number of pyridine rings is 2. The topological polar surface area (TPSA) is 51.8 Å². The third kappa shape index (κ3) is 2.26. The van der Waals surface area contributed by atoms with Crippen LogP contribution in [-0.4, -0.2) is 9.97 Å². The zero-order valence-corrected chi connectivity index (χ0v) is 11.2. The lowest BCUT2D eigenvalue weighted by atomic mass is 9.80. The van der Waals surface area contributed by atoms with E-state index in [9.17, 15) is 0 Å². The van der Waals surface area contributed by atoms with Crippen LogP contribution in [0.25, 0.3) is 0 Å². The monoisotopic (exact) mass is 253 g/mol. The van der Waals surface area contributed by atoms with Crippen molar-refractivity contribution in [3.63, 3.8) is 0 Å². The van der Waals surface area contributed by atoms with Gasteiger partial charge in [0.2, 0.25) is 0 Å². The molecule has 0 aliphatic heterocycles. The molecule has 1 aliphatic rings. The molecule has 98 valence electrons. The van der Waals surface area contributed by atoms with Crippen LogP contribution in [0.15, 0.2) is 36.7 Å². The Kier molecular flexibility index (Phi) is 3.30. The summed E-state index contributed by atoms with van der Waals surface area (Å²) in [6.45, 7) is 2.07. The summed E-state index contributed by atoms with van der Waals surface area (Å²) >= 11 is 0. The predicted octanol–water partition coefficient (Wildman–Crippen LogP) is 2.90. The number of aryl methyl sites for hydroxylation is 2. The van der Waals surface area contributed by atoms with Crippen LogP contribution in [0.3, 0.4) is 0 Å². The highest BCUT2D eigenvalue weighted by Gasteiger charge is 2.29. The van der Waals surface area contributed by atoms with Crippen LogP contribution in [0.5, 0.6) is 0 Å². The fraction of sp³-hybridized carbons (Fsp3) is 0.375. The maximum Gasteiger partial charge on any atom is 0.0606 e. The molecule has 3 nitrogen and oxygen atoms in total. The van der Waals surface area contributed by atoms with Crippen LogP contribution in [0.1, 0.15) is 47.3 Å². The van der Waals surface area contributed by atoms with Gasteiger partial charge < -0.3 is 5.73 Å². The third-order valence-corrected chi connectivity index (χ3v) is 4.04. The quantitative estimate of drug-likeness (QED) is 0.895. The van der Waals surface area contributed by atoms with Crippen molar-refractivity contribution < 1.29 is 0 Å². The minimum atomic E-state index is -0.0600. The van der Waals surface area contributed by atoms with Gasteiger partial charge >= 0.3 is 0 Å². The van der Waals surface area contributed by atoms with Gasteiger partial charge in [0.05, 0.1) is 11.7 Å². The van der Waals surface area contributed by atoms with Crippen molar-refractivity contribution in [2.45, 2.75) is 38.1 Å². The van der Waals surface area contributed by atoms with Gasteiger partial charge in [-0.3, -0.25) is 9.97 Å². The Balaban J connectivity index is 1.98. The zero-order valence-electron chi connectivity index (χ0n) is 11.2. The Bertz CT molecular complexity index is 580. The van der Waals surface area contributed by atoms with Crippen molar-refractivity contribution in [2.24, 2.45) is 5.73 Å². The summed E-state index contributed by atoms with van der Waals surface area (Å²) in [6, 6.07) is 8.16. The fourth-order valence-corrected chi connectivity index (χ4v) is 3.03. The maximum atomic E-state index is 6.48. The first kappa shape index (κ1) is 12.3.